The first-order valence-corrected chi connectivity index (χ1v) is 26.4. The fourth-order valence-corrected chi connectivity index (χ4v) is 20.3. The van der Waals surface area contributed by atoms with E-state index in [9.17, 15) is 28.8 Å². The third-order valence-electron chi connectivity index (χ3n) is 16.5. The van der Waals surface area contributed by atoms with E-state index in [2.05, 4.69) is 41.4 Å². The van der Waals surface area contributed by atoms with Crippen molar-refractivity contribution in [2.24, 2.45) is 59.2 Å². The van der Waals surface area contributed by atoms with E-state index < -0.39 is 0 Å². The van der Waals surface area contributed by atoms with Gasteiger partial charge in [-0.15, -0.1) is 23.5 Å². The molecule has 0 unspecified atom stereocenters. The predicted octanol–water partition coefficient (Wildman–Crippen LogP) is 9.56. The van der Waals surface area contributed by atoms with E-state index in [-0.39, 0.29) is 110 Å². The minimum absolute atomic E-state index is 0.0201. The second kappa shape index (κ2) is 15.3. The Morgan fingerprint density at radius 2 is 0.985 bits per heavy atom. The maximum atomic E-state index is 13.7. The molecule has 4 aromatic carbocycles. The molecule has 6 fully saturated rings. The van der Waals surface area contributed by atoms with Crippen LogP contribution in [0.3, 0.4) is 0 Å². The van der Waals surface area contributed by atoms with Crippen molar-refractivity contribution in [1.82, 2.24) is 4.98 Å². The highest BCUT2D eigenvalue weighted by Gasteiger charge is 2.71. The molecule has 5 aromatic rings. The first-order valence-electron chi connectivity index (χ1n) is 23.0. The molecule has 0 spiro atoms. The summed E-state index contributed by atoms with van der Waals surface area (Å²) in [5.41, 5.74) is 6.02. The zero-order chi connectivity index (χ0) is 44.9. The van der Waals surface area contributed by atoms with Crippen LogP contribution in [0.4, 0.5) is 11.4 Å². The van der Waals surface area contributed by atoms with Gasteiger partial charge in [-0.25, -0.2) is 0 Å². The first-order chi connectivity index (χ1) is 32.0. The standard InChI is InChI=1S/C27H23NO3S2.C26H22N2O3S2/c1-13-7-9-15(10-8-13)28-26(30)22-16-11-17(23(22)27(28)31)24-21(16)20(14-5-3-2-4-6-14)25-18(32-24)12-19(29)33-25;1-12-7-9-14(10-8-12)28-24(29)19-15-11-16(20(19)25(28)30)21-18(15)17(13-5-3-2-4-6-13)22-23(32-21)27-26(31)33-22/h2-10,16-17,20-24H,11-12H2,1H3;2-10,15-21H,11H2,1H3,(H,27,31)/t16-,17-,20-,21-,22+,23-,24-;15-,16-,17-,18-,19+,20-,21-/m10/s1. The van der Waals surface area contributed by atoms with E-state index in [4.69, 9.17) is 0 Å². The lowest BCUT2D eigenvalue weighted by Crippen LogP contribution is -2.42. The van der Waals surface area contributed by atoms with Gasteiger partial charge in [0.15, 0.2) is 5.12 Å². The van der Waals surface area contributed by atoms with Crippen LogP contribution in [-0.4, -0.2) is 44.2 Å². The summed E-state index contributed by atoms with van der Waals surface area (Å²) < 4.78 is 0. The Morgan fingerprint density at radius 3 is 1.50 bits per heavy atom. The van der Waals surface area contributed by atoms with E-state index in [1.807, 2.05) is 98.4 Å². The molecule has 1 aromatic heterocycles. The van der Waals surface area contributed by atoms with Crippen LogP contribution in [0.1, 0.15) is 58.2 Å². The summed E-state index contributed by atoms with van der Waals surface area (Å²) in [6.07, 6.45) is 2.36. The van der Waals surface area contributed by atoms with Gasteiger partial charge in [-0.1, -0.05) is 119 Å². The number of nitrogens with zero attached hydrogens (tertiary/aromatic N) is 2. The normalized spacial score (nSPS) is 35.2. The van der Waals surface area contributed by atoms with Crippen LogP contribution < -0.4 is 14.7 Å². The fraction of sp³-hybridized carbons (Fsp3) is 0.358. The number of aryl methyl sites for hydroxylation is 2. The fourth-order valence-electron chi connectivity index (χ4n) is 14.2. The Morgan fingerprint density at radius 1 is 0.530 bits per heavy atom. The van der Waals surface area contributed by atoms with Gasteiger partial charge in [0, 0.05) is 43.4 Å². The summed E-state index contributed by atoms with van der Waals surface area (Å²) in [6, 6.07) is 36.2. The highest BCUT2D eigenvalue weighted by atomic mass is 32.2. The van der Waals surface area contributed by atoms with E-state index in [1.54, 1.807) is 11.8 Å². The Labute approximate surface area is 398 Å². The molecule has 9 nitrogen and oxygen atoms in total. The largest absolute Gasteiger partial charge is 0.307 e. The van der Waals surface area contributed by atoms with Gasteiger partial charge in [-0.05, 0) is 97.6 Å². The number of rotatable bonds is 4. The first kappa shape index (κ1) is 41.3. The van der Waals surface area contributed by atoms with E-state index in [1.165, 1.54) is 53.8 Å². The van der Waals surface area contributed by atoms with Gasteiger partial charge in [0.2, 0.25) is 23.6 Å². The number of anilines is 2. The summed E-state index contributed by atoms with van der Waals surface area (Å²) in [4.78, 5) is 88.7. The molecule has 4 bridgehead atoms. The Hall–Kier alpha value is -4.95. The molecular weight excluding hydrogens is 903 g/mol. The van der Waals surface area contributed by atoms with Crippen LogP contribution in [0.2, 0.25) is 0 Å². The van der Waals surface area contributed by atoms with Crippen LogP contribution >= 0.6 is 46.6 Å². The number of allylic oxidation sites excluding steroid dienone is 2. The minimum Gasteiger partial charge on any atom is -0.307 e. The molecule has 66 heavy (non-hydrogen) atoms. The van der Waals surface area contributed by atoms with Gasteiger partial charge in [0.1, 0.15) is 0 Å². The van der Waals surface area contributed by atoms with Crippen molar-refractivity contribution in [3.63, 3.8) is 0 Å². The predicted molar refractivity (Wildman–Crippen MR) is 259 cm³/mol. The lowest BCUT2D eigenvalue weighted by atomic mass is 9.68. The SMILES string of the molecule is Cc1ccc(N2C(=O)[C@@H]3[C@H]4C[C@@H]([C@@H]3C2=O)[C@H]2[C@@H]4SC3=C(SC(=O)C3)[C@@H]2c2ccccc2)cc1.Cc1ccc(N2C(=O)[C@@H]3[C@H]4C[C@H]([C@@H]5Sc6[nH]c(=O)sc6[C@@H](c6ccccc6)[C@H]45)[C@@H]3C2=O)cc1. The van der Waals surface area contributed by atoms with Gasteiger partial charge < -0.3 is 4.98 Å². The summed E-state index contributed by atoms with van der Waals surface area (Å²) >= 11 is 6.29. The molecule has 2 saturated heterocycles. The molecule has 0 radical (unpaired) electrons. The van der Waals surface area contributed by atoms with Crippen LogP contribution in [0.15, 0.2) is 129 Å². The highest BCUT2D eigenvalue weighted by molar-refractivity contribution is 8.18. The lowest BCUT2D eigenvalue weighted by Gasteiger charge is -2.44. The monoisotopic (exact) mass is 947 g/mol. The topological polar surface area (TPSA) is 125 Å². The van der Waals surface area contributed by atoms with E-state index >= 15 is 0 Å². The van der Waals surface area contributed by atoms with Gasteiger partial charge >= 0.3 is 4.87 Å². The molecule has 13 heteroatoms. The number of benzene rings is 4. The van der Waals surface area contributed by atoms with Crippen molar-refractivity contribution < 1.29 is 24.0 Å². The summed E-state index contributed by atoms with van der Waals surface area (Å²) in [5.74, 6) is 0.378. The smallest absolute Gasteiger partial charge is 0.305 e. The number of carbonyl (C=O) groups is 5. The highest BCUT2D eigenvalue weighted by Crippen LogP contribution is 2.71. The number of nitrogens with one attached hydrogen (secondary N) is 1. The Balaban J connectivity index is 0.000000132. The number of fused-ring (bicyclic) bond motifs is 17. The van der Waals surface area contributed by atoms with Crippen LogP contribution in [0.5, 0.6) is 0 Å². The number of aromatic nitrogens is 1. The Kier molecular flexibility index (Phi) is 9.55. The maximum absolute atomic E-state index is 13.7. The van der Waals surface area contributed by atoms with E-state index in [0.29, 0.717) is 23.0 Å². The number of amides is 4. The van der Waals surface area contributed by atoms with Crippen LogP contribution in [0, 0.1) is 73.0 Å². The number of carbonyl (C=O) groups excluding carboxylic acids is 5. The number of H-pyrrole nitrogens is 1. The van der Waals surface area contributed by atoms with Crippen molar-refractivity contribution >= 4 is 86.7 Å². The molecule has 6 heterocycles. The maximum Gasteiger partial charge on any atom is 0.305 e. The number of imide groups is 2. The molecule has 14 atom stereocenters. The number of hydrogen-bond acceptors (Lipinski definition) is 10. The molecule has 1 N–H and O–H groups in total. The number of hydrogen-bond donors (Lipinski definition) is 1. The summed E-state index contributed by atoms with van der Waals surface area (Å²) in [7, 11) is 0. The van der Waals surface area contributed by atoms with Crippen molar-refractivity contribution in [3.05, 3.63) is 156 Å². The molecule has 4 amide bonds. The molecule has 5 aliphatic heterocycles. The quantitative estimate of drug-likeness (QED) is 0.176. The van der Waals surface area contributed by atoms with Crippen LogP contribution in [-0.2, 0) is 24.0 Å². The summed E-state index contributed by atoms with van der Waals surface area (Å²) in [5, 5.41) is 1.70. The zero-order valence-electron chi connectivity index (χ0n) is 36.1. The third-order valence-corrected chi connectivity index (χ3v) is 21.9. The molecule has 332 valence electrons. The number of aromatic amines is 1. The van der Waals surface area contributed by atoms with Gasteiger partial charge in [-0.2, -0.15) is 0 Å². The van der Waals surface area contributed by atoms with Crippen molar-refractivity contribution in [2.75, 3.05) is 9.80 Å². The minimum atomic E-state index is -0.255. The number of thioether (sulfide) groups is 3. The molecule has 4 aliphatic carbocycles. The van der Waals surface area contributed by atoms with Gasteiger partial charge in [0.05, 0.1) is 40.1 Å². The van der Waals surface area contributed by atoms with Gasteiger partial charge in [-0.3, -0.25) is 38.6 Å². The number of thiazole rings is 1. The third kappa shape index (κ3) is 5.94. The molecule has 9 aliphatic rings. The van der Waals surface area contributed by atoms with Crippen molar-refractivity contribution in [1.29, 1.82) is 0 Å². The van der Waals surface area contributed by atoms with Gasteiger partial charge in [0.25, 0.3) is 0 Å². The Bertz CT molecular complexity index is 2990. The second-order valence-electron chi connectivity index (χ2n) is 19.7. The van der Waals surface area contributed by atoms with Crippen molar-refractivity contribution in [2.45, 2.75) is 60.5 Å². The molecule has 14 rings (SSSR count). The zero-order valence-corrected chi connectivity index (χ0v) is 39.3. The average molecular weight is 948 g/mol. The molecular formula is C53H45N3O6S4. The molecule has 4 saturated carbocycles. The van der Waals surface area contributed by atoms with Crippen LogP contribution in [0.25, 0.3) is 0 Å². The second-order valence-corrected chi connectivity index (χ2v) is 24.2. The average Bonchev–Trinajstić information content (AvgIpc) is 4.21. The lowest BCUT2D eigenvalue weighted by molar-refractivity contribution is -0.124. The van der Waals surface area contributed by atoms with E-state index in [0.717, 1.165) is 33.9 Å². The van der Waals surface area contributed by atoms with Crippen molar-refractivity contribution in [3.8, 4) is 0 Å². The summed E-state index contributed by atoms with van der Waals surface area (Å²) in [6.45, 7) is 4.01.